The van der Waals surface area contributed by atoms with Gasteiger partial charge in [-0.1, -0.05) is 0 Å². The molecule has 0 bridgehead atoms. The Morgan fingerprint density at radius 3 is 3.00 bits per heavy atom. The molecule has 1 aromatic rings. The maximum Gasteiger partial charge on any atom is 0.130 e. The van der Waals surface area contributed by atoms with Crippen molar-refractivity contribution in [3.63, 3.8) is 0 Å². The highest BCUT2D eigenvalue weighted by Gasteiger charge is 2.02. The Kier molecular flexibility index (Phi) is 4.82. The largest absolute Gasteiger partial charge is 0.385 e. The highest BCUT2D eigenvalue weighted by atomic mass is 79.9. The van der Waals surface area contributed by atoms with E-state index < -0.39 is 0 Å². The van der Waals surface area contributed by atoms with E-state index in [1.807, 2.05) is 6.07 Å². The van der Waals surface area contributed by atoms with Crippen molar-refractivity contribution in [3.8, 4) is 0 Å². The molecule has 0 aliphatic rings. The fourth-order valence-electron chi connectivity index (χ4n) is 1.03. The van der Waals surface area contributed by atoms with Crippen LogP contribution in [0.5, 0.6) is 0 Å². The summed E-state index contributed by atoms with van der Waals surface area (Å²) in [5, 5.41) is 3.26. The lowest BCUT2D eigenvalue weighted by Crippen LogP contribution is -2.17. The zero-order valence-corrected chi connectivity index (χ0v) is 9.91. The van der Waals surface area contributed by atoms with Gasteiger partial charge in [-0.25, -0.2) is 9.97 Å². The van der Waals surface area contributed by atoms with Crippen molar-refractivity contribution in [1.82, 2.24) is 9.97 Å². The van der Waals surface area contributed by atoms with Gasteiger partial charge in [-0.15, -0.1) is 0 Å². The van der Waals surface area contributed by atoms with Crippen LogP contribution >= 0.6 is 15.9 Å². The van der Waals surface area contributed by atoms with E-state index in [0.717, 1.165) is 23.4 Å². The standard InChI is InChI=1S/C9H14BrN3O/c1-7(3-4-14-2)13-9-5-8(10)11-6-12-9/h5-7H,3-4H2,1-2H3,(H,11,12,13). The van der Waals surface area contributed by atoms with Crippen LogP contribution in [0.15, 0.2) is 17.0 Å². The topological polar surface area (TPSA) is 47.0 Å². The van der Waals surface area contributed by atoms with E-state index in [-0.39, 0.29) is 0 Å². The number of methoxy groups -OCH3 is 1. The number of anilines is 1. The third-order valence-corrected chi connectivity index (χ3v) is 2.22. The van der Waals surface area contributed by atoms with E-state index in [1.165, 1.54) is 6.33 Å². The molecule has 78 valence electrons. The molecule has 0 aromatic carbocycles. The maximum atomic E-state index is 4.99. The molecule has 0 fully saturated rings. The fourth-order valence-corrected chi connectivity index (χ4v) is 1.34. The number of halogens is 1. The van der Waals surface area contributed by atoms with Crippen molar-refractivity contribution in [2.75, 3.05) is 19.0 Å². The highest BCUT2D eigenvalue weighted by Crippen LogP contribution is 2.11. The second-order valence-electron chi connectivity index (χ2n) is 3.05. The van der Waals surface area contributed by atoms with Crippen LogP contribution in [0.4, 0.5) is 5.82 Å². The first kappa shape index (κ1) is 11.4. The number of nitrogens with zero attached hydrogens (tertiary/aromatic N) is 2. The van der Waals surface area contributed by atoms with E-state index >= 15 is 0 Å². The van der Waals surface area contributed by atoms with Crippen molar-refractivity contribution < 1.29 is 4.74 Å². The Labute approximate surface area is 92.2 Å². The van der Waals surface area contributed by atoms with Crippen molar-refractivity contribution in [2.24, 2.45) is 0 Å². The van der Waals surface area contributed by atoms with Gasteiger partial charge in [0, 0.05) is 25.8 Å². The lowest BCUT2D eigenvalue weighted by molar-refractivity contribution is 0.191. The summed E-state index contributed by atoms with van der Waals surface area (Å²) < 4.78 is 5.78. The second-order valence-corrected chi connectivity index (χ2v) is 3.87. The van der Waals surface area contributed by atoms with Crippen LogP contribution in [0.1, 0.15) is 13.3 Å². The number of rotatable bonds is 5. The highest BCUT2D eigenvalue weighted by molar-refractivity contribution is 9.10. The van der Waals surface area contributed by atoms with E-state index in [0.29, 0.717) is 6.04 Å². The number of nitrogens with one attached hydrogen (secondary N) is 1. The molecule has 1 atom stereocenters. The van der Waals surface area contributed by atoms with Gasteiger partial charge in [-0.3, -0.25) is 0 Å². The van der Waals surface area contributed by atoms with Gasteiger partial charge >= 0.3 is 0 Å². The lowest BCUT2D eigenvalue weighted by atomic mass is 10.2. The van der Waals surface area contributed by atoms with Gasteiger partial charge in [0.2, 0.25) is 0 Å². The third-order valence-electron chi connectivity index (χ3n) is 1.78. The van der Waals surface area contributed by atoms with Gasteiger partial charge in [0.25, 0.3) is 0 Å². The smallest absolute Gasteiger partial charge is 0.130 e. The van der Waals surface area contributed by atoms with Gasteiger partial charge in [-0.05, 0) is 29.3 Å². The molecule has 1 rings (SSSR count). The molecule has 4 nitrogen and oxygen atoms in total. The van der Waals surface area contributed by atoms with Crippen LogP contribution in [0.3, 0.4) is 0 Å². The van der Waals surface area contributed by atoms with Crippen LogP contribution in [0.2, 0.25) is 0 Å². The molecule has 0 radical (unpaired) electrons. The summed E-state index contributed by atoms with van der Waals surface area (Å²) in [6.07, 6.45) is 2.48. The molecule has 0 aliphatic carbocycles. The first-order valence-corrected chi connectivity index (χ1v) is 5.24. The first-order chi connectivity index (χ1) is 6.72. The minimum Gasteiger partial charge on any atom is -0.385 e. The molecule has 0 saturated heterocycles. The molecule has 1 aromatic heterocycles. The first-order valence-electron chi connectivity index (χ1n) is 4.45. The van der Waals surface area contributed by atoms with Crippen LogP contribution in [0, 0.1) is 0 Å². The zero-order valence-electron chi connectivity index (χ0n) is 8.33. The van der Waals surface area contributed by atoms with E-state index in [4.69, 9.17) is 4.74 Å². The van der Waals surface area contributed by atoms with Crippen molar-refractivity contribution in [1.29, 1.82) is 0 Å². The van der Waals surface area contributed by atoms with E-state index in [9.17, 15) is 0 Å². The summed E-state index contributed by atoms with van der Waals surface area (Å²) in [6, 6.07) is 2.19. The molecule has 1 unspecified atom stereocenters. The average molecular weight is 260 g/mol. The van der Waals surface area contributed by atoms with Gasteiger partial charge in [0.15, 0.2) is 0 Å². The maximum absolute atomic E-state index is 4.99. The molecule has 0 amide bonds. The SMILES string of the molecule is COCCC(C)Nc1cc(Br)ncn1. The van der Waals surface area contributed by atoms with Crippen molar-refractivity contribution in [2.45, 2.75) is 19.4 Å². The third kappa shape index (κ3) is 4.02. The summed E-state index contributed by atoms with van der Waals surface area (Å²) in [4.78, 5) is 8.04. The summed E-state index contributed by atoms with van der Waals surface area (Å²) in [5.41, 5.74) is 0. The normalized spacial score (nSPS) is 12.5. The Morgan fingerprint density at radius 1 is 1.57 bits per heavy atom. The van der Waals surface area contributed by atoms with Crippen LogP contribution in [-0.4, -0.2) is 29.7 Å². The molecule has 5 heteroatoms. The molecule has 0 spiro atoms. The van der Waals surface area contributed by atoms with Crippen molar-refractivity contribution >= 4 is 21.7 Å². The fraction of sp³-hybridized carbons (Fsp3) is 0.556. The quantitative estimate of drug-likeness (QED) is 0.823. The summed E-state index contributed by atoms with van der Waals surface area (Å²) in [7, 11) is 1.70. The molecular formula is C9H14BrN3O. The summed E-state index contributed by atoms with van der Waals surface area (Å²) in [5.74, 6) is 0.829. The van der Waals surface area contributed by atoms with Crippen LogP contribution in [0.25, 0.3) is 0 Å². The minimum atomic E-state index is 0.344. The Morgan fingerprint density at radius 2 is 2.36 bits per heavy atom. The van der Waals surface area contributed by atoms with Gasteiger partial charge in [0.05, 0.1) is 0 Å². The Bertz CT molecular complexity index is 283. The summed E-state index contributed by atoms with van der Waals surface area (Å²) >= 11 is 3.29. The summed E-state index contributed by atoms with van der Waals surface area (Å²) in [6.45, 7) is 2.84. The zero-order chi connectivity index (χ0) is 10.4. The predicted molar refractivity (Wildman–Crippen MR) is 59.3 cm³/mol. The average Bonchev–Trinajstić information content (AvgIpc) is 2.15. The van der Waals surface area contributed by atoms with Crippen LogP contribution in [-0.2, 0) is 4.74 Å². The Balaban J connectivity index is 2.43. The lowest BCUT2D eigenvalue weighted by Gasteiger charge is -2.13. The predicted octanol–water partition coefficient (Wildman–Crippen LogP) is 2.08. The molecular weight excluding hydrogens is 246 g/mol. The van der Waals surface area contributed by atoms with E-state index in [2.05, 4.69) is 38.1 Å². The van der Waals surface area contributed by atoms with Gasteiger partial charge in [-0.2, -0.15) is 0 Å². The monoisotopic (exact) mass is 259 g/mol. The second kappa shape index (κ2) is 5.93. The molecule has 1 heterocycles. The minimum absolute atomic E-state index is 0.344. The molecule has 1 N–H and O–H groups in total. The number of aromatic nitrogens is 2. The van der Waals surface area contributed by atoms with Gasteiger partial charge < -0.3 is 10.1 Å². The number of hydrogen-bond acceptors (Lipinski definition) is 4. The molecule has 14 heavy (non-hydrogen) atoms. The van der Waals surface area contributed by atoms with E-state index in [1.54, 1.807) is 7.11 Å². The molecule has 0 aliphatic heterocycles. The number of hydrogen-bond donors (Lipinski definition) is 1. The Hall–Kier alpha value is -0.680. The van der Waals surface area contributed by atoms with Crippen LogP contribution < -0.4 is 5.32 Å². The van der Waals surface area contributed by atoms with Crippen molar-refractivity contribution in [3.05, 3.63) is 17.0 Å². The number of ether oxygens (including phenoxy) is 1. The molecule has 0 saturated carbocycles. The van der Waals surface area contributed by atoms with Gasteiger partial charge in [0.1, 0.15) is 16.7 Å².